The summed E-state index contributed by atoms with van der Waals surface area (Å²) in [6.07, 6.45) is 1.41. The maximum absolute atomic E-state index is 12.7. The van der Waals surface area contributed by atoms with Crippen LogP contribution in [0.4, 0.5) is 0 Å². The molecule has 2 heterocycles. The highest BCUT2D eigenvalue weighted by molar-refractivity contribution is 7.19. The highest BCUT2D eigenvalue weighted by Crippen LogP contribution is 2.33. The lowest BCUT2D eigenvalue weighted by Gasteiger charge is -2.35. The van der Waals surface area contributed by atoms with E-state index < -0.39 is 5.41 Å². The second kappa shape index (κ2) is 6.36. The van der Waals surface area contributed by atoms with E-state index in [1.54, 1.807) is 11.3 Å². The molecular weight excluding hydrogens is 296 g/mol. The Morgan fingerprint density at radius 1 is 1.41 bits per heavy atom. The Morgan fingerprint density at radius 2 is 2.14 bits per heavy atom. The third-order valence-electron chi connectivity index (χ3n) is 4.54. The van der Waals surface area contributed by atoms with E-state index in [1.807, 2.05) is 19.1 Å². The maximum atomic E-state index is 12.7. The second-order valence-corrected chi connectivity index (χ2v) is 7.09. The quantitative estimate of drug-likeness (QED) is 0.911. The molecule has 1 unspecified atom stereocenters. The van der Waals surface area contributed by atoms with E-state index in [2.05, 4.69) is 23.5 Å². The lowest BCUT2D eigenvalue weighted by molar-refractivity contribution is -0.136. The summed E-state index contributed by atoms with van der Waals surface area (Å²) >= 11 is 1.73. The smallest absolute Gasteiger partial charge is 0.228 e. The zero-order chi connectivity index (χ0) is 15.6. The number of ether oxygens (including phenoxy) is 1. The lowest BCUT2D eigenvalue weighted by Crippen LogP contribution is -2.49. The molecule has 3 rings (SSSR count). The zero-order valence-corrected chi connectivity index (χ0v) is 13.6. The molecular formula is C17H22N2O2S. The first-order valence-corrected chi connectivity index (χ1v) is 8.53. The van der Waals surface area contributed by atoms with Crippen LogP contribution in [0.2, 0.25) is 0 Å². The van der Waals surface area contributed by atoms with Crippen molar-refractivity contribution in [3.8, 4) is 0 Å². The number of rotatable bonds is 4. The number of amides is 1. The molecule has 0 bridgehead atoms. The summed E-state index contributed by atoms with van der Waals surface area (Å²) in [5.74, 6) is 0.0586. The Balaban J connectivity index is 1.75. The summed E-state index contributed by atoms with van der Waals surface area (Å²) in [5, 5.41) is 4.38. The fourth-order valence-corrected chi connectivity index (χ4v) is 3.99. The standard InChI is InChI=1S/C17H22N2O2S/c1-12(15-10-13-4-2-3-5-14(13)22-15)19-16(20)17(11-18)6-8-21-9-7-17/h2-5,10,12H,6-9,11,18H2,1H3,(H,19,20). The molecule has 2 aromatic rings. The summed E-state index contributed by atoms with van der Waals surface area (Å²) in [5.41, 5.74) is 5.43. The minimum atomic E-state index is -0.469. The van der Waals surface area contributed by atoms with Gasteiger partial charge in [0.25, 0.3) is 0 Å². The molecule has 1 aliphatic rings. The molecule has 1 amide bonds. The Labute approximate surface area is 134 Å². The van der Waals surface area contributed by atoms with Crippen LogP contribution in [0.15, 0.2) is 30.3 Å². The van der Waals surface area contributed by atoms with Gasteiger partial charge in [-0.05, 0) is 37.3 Å². The van der Waals surface area contributed by atoms with Gasteiger partial charge >= 0.3 is 0 Å². The average molecular weight is 318 g/mol. The number of thiophene rings is 1. The van der Waals surface area contributed by atoms with Crippen LogP contribution >= 0.6 is 11.3 Å². The third-order valence-corrected chi connectivity index (χ3v) is 5.84. The van der Waals surface area contributed by atoms with E-state index in [4.69, 9.17) is 10.5 Å². The van der Waals surface area contributed by atoms with Gasteiger partial charge in [-0.2, -0.15) is 0 Å². The molecule has 1 aromatic carbocycles. The molecule has 22 heavy (non-hydrogen) atoms. The predicted octanol–water partition coefficient (Wildman–Crippen LogP) is 2.83. The van der Waals surface area contributed by atoms with Crippen molar-refractivity contribution in [3.05, 3.63) is 35.2 Å². The number of nitrogens with one attached hydrogen (secondary N) is 1. The van der Waals surface area contributed by atoms with Gasteiger partial charge in [-0.3, -0.25) is 4.79 Å². The van der Waals surface area contributed by atoms with Crippen LogP contribution in [-0.2, 0) is 9.53 Å². The second-order valence-electron chi connectivity index (χ2n) is 5.98. The Kier molecular flexibility index (Phi) is 4.47. The van der Waals surface area contributed by atoms with Crippen LogP contribution in [0.25, 0.3) is 10.1 Å². The molecule has 0 aliphatic carbocycles. The fraction of sp³-hybridized carbons (Fsp3) is 0.471. The summed E-state index contributed by atoms with van der Waals surface area (Å²) in [7, 11) is 0. The van der Waals surface area contributed by atoms with Gasteiger partial charge in [0.1, 0.15) is 0 Å². The first-order chi connectivity index (χ1) is 10.6. The van der Waals surface area contributed by atoms with Gasteiger partial charge < -0.3 is 15.8 Å². The van der Waals surface area contributed by atoms with E-state index in [0.717, 1.165) is 0 Å². The molecule has 118 valence electrons. The van der Waals surface area contributed by atoms with Crippen molar-refractivity contribution in [1.29, 1.82) is 0 Å². The van der Waals surface area contributed by atoms with E-state index in [0.29, 0.717) is 32.6 Å². The number of nitrogens with two attached hydrogens (primary N) is 1. The maximum Gasteiger partial charge on any atom is 0.228 e. The Morgan fingerprint density at radius 3 is 2.82 bits per heavy atom. The molecule has 0 saturated carbocycles. The minimum absolute atomic E-state index is 0.00355. The van der Waals surface area contributed by atoms with Gasteiger partial charge in [0, 0.05) is 29.3 Å². The predicted molar refractivity (Wildman–Crippen MR) is 89.9 cm³/mol. The minimum Gasteiger partial charge on any atom is -0.381 e. The van der Waals surface area contributed by atoms with Crippen molar-refractivity contribution >= 4 is 27.3 Å². The molecule has 5 heteroatoms. The summed E-state index contributed by atoms with van der Waals surface area (Å²) in [6, 6.07) is 10.4. The number of hydrogen-bond acceptors (Lipinski definition) is 4. The van der Waals surface area contributed by atoms with Gasteiger partial charge in [-0.25, -0.2) is 0 Å². The highest BCUT2D eigenvalue weighted by atomic mass is 32.1. The molecule has 0 radical (unpaired) electrons. The number of benzene rings is 1. The lowest BCUT2D eigenvalue weighted by atomic mass is 9.79. The zero-order valence-electron chi connectivity index (χ0n) is 12.8. The van der Waals surface area contributed by atoms with Gasteiger partial charge in [-0.1, -0.05) is 18.2 Å². The van der Waals surface area contributed by atoms with Crippen LogP contribution in [0.1, 0.15) is 30.7 Å². The van der Waals surface area contributed by atoms with Crippen LogP contribution < -0.4 is 11.1 Å². The molecule has 0 spiro atoms. The SMILES string of the molecule is CC(NC(=O)C1(CN)CCOCC1)c1cc2ccccc2s1. The van der Waals surface area contributed by atoms with Crippen LogP contribution in [0, 0.1) is 5.41 Å². The Bertz CT molecular complexity index is 628. The van der Waals surface area contributed by atoms with Crippen molar-refractivity contribution in [2.45, 2.75) is 25.8 Å². The largest absolute Gasteiger partial charge is 0.381 e. The molecule has 1 fully saturated rings. The molecule has 1 atom stereocenters. The average Bonchev–Trinajstić information content (AvgIpc) is 2.99. The topological polar surface area (TPSA) is 64.4 Å². The van der Waals surface area contributed by atoms with Crippen molar-refractivity contribution in [3.63, 3.8) is 0 Å². The molecule has 1 aliphatic heterocycles. The molecule has 1 saturated heterocycles. The van der Waals surface area contributed by atoms with Gasteiger partial charge in [-0.15, -0.1) is 11.3 Å². The normalized spacial score (nSPS) is 19.0. The van der Waals surface area contributed by atoms with Crippen LogP contribution in [-0.4, -0.2) is 25.7 Å². The van der Waals surface area contributed by atoms with Crippen molar-refractivity contribution in [2.24, 2.45) is 11.1 Å². The summed E-state index contributed by atoms with van der Waals surface area (Å²) < 4.78 is 6.62. The number of carbonyl (C=O) groups is 1. The van der Waals surface area contributed by atoms with Gasteiger partial charge in [0.05, 0.1) is 11.5 Å². The van der Waals surface area contributed by atoms with Gasteiger partial charge in [0.2, 0.25) is 5.91 Å². The molecule has 1 aromatic heterocycles. The number of fused-ring (bicyclic) bond motifs is 1. The molecule has 3 N–H and O–H groups in total. The van der Waals surface area contributed by atoms with Gasteiger partial charge in [0.15, 0.2) is 0 Å². The van der Waals surface area contributed by atoms with Crippen molar-refractivity contribution < 1.29 is 9.53 Å². The van der Waals surface area contributed by atoms with Crippen molar-refractivity contribution in [1.82, 2.24) is 5.32 Å². The Hall–Kier alpha value is -1.43. The first kappa shape index (κ1) is 15.5. The van der Waals surface area contributed by atoms with Crippen LogP contribution in [0.5, 0.6) is 0 Å². The highest BCUT2D eigenvalue weighted by Gasteiger charge is 2.39. The van der Waals surface area contributed by atoms with E-state index in [9.17, 15) is 4.79 Å². The summed E-state index contributed by atoms with van der Waals surface area (Å²) in [6.45, 7) is 3.64. The first-order valence-electron chi connectivity index (χ1n) is 7.72. The molecule has 4 nitrogen and oxygen atoms in total. The third kappa shape index (κ3) is 2.89. The fourth-order valence-electron chi connectivity index (χ4n) is 2.92. The monoisotopic (exact) mass is 318 g/mol. The van der Waals surface area contributed by atoms with E-state index in [-0.39, 0.29) is 11.9 Å². The van der Waals surface area contributed by atoms with Crippen molar-refractivity contribution in [2.75, 3.05) is 19.8 Å². The summed E-state index contributed by atoms with van der Waals surface area (Å²) in [4.78, 5) is 13.9. The number of hydrogen-bond donors (Lipinski definition) is 2. The van der Waals surface area contributed by atoms with E-state index >= 15 is 0 Å². The van der Waals surface area contributed by atoms with Crippen LogP contribution in [0.3, 0.4) is 0 Å². The number of carbonyl (C=O) groups excluding carboxylic acids is 1. The van der Waals surface area contributed by atoms with E-state index in [1.165, 1.54) is 15.0 Å².